The summed E-state index contributed by atoms with van der Waals surface area (Å²) in [5.41, 5.74) is -1.10. The molecule has 0 aromatic heterocycles. The maximum absolute atomic E-state index is 13.7. The molecule has 3 aliphatic rings. The predicted octanol–water partition coefficient (Wildman–Crippen LogP) is 4.14. The summed E-state index contributed by atoms with van der Waals surface area (Å²) in [5, 5.41) is 8.82. The second kappa shape index (κ2) is 12.5. The van der Waals surface area contributed by atoms with Crippen LogP contribution in [0, 0.1) is 5.92 Å². The molecule has 0 radical (unpaired) electrons. The van der Waals surface area contributed by atoms with E-state index in [1.54, 1.807) is 57.0 Å². The van der Waals surface area contributed by atoms with Gasteiger partial charge in [-0.1, -0.05) is 38.2 Å². The Labute approximate surface area is 236 Å². The highest BCUT2D eigenvalue weighted by Crippen LogP contribution is 2.48. The maximum Gasteiger partial charge on any atom is 0.408 e. The van der Waals surface area contributed by atoms with Crippen LogP contribution in [0.4, 0.5) is 10.5 Å². The highest BCUT2D eigenvalue weighted by atomic mass is 16.6. The first-order chi connectivity index (χ1) is 19.0. The van der Waals surface area contributed by atoms with Gasteiger partial charge < -0.3 is 30.3 Å². The van der Waals surface area contributed by atoms with E-state index in [-0.39, 0.29) is 23.6 Å². The Morgan fingerprint density at radius 2 is 1.75 bits per heavy atom. The zero-order valence-corrected chi connectivity index (χ0v) is 24.2. The van der Waals surface area contributed by atoms with E-state index in [1.165, 1.54) is 0 Å². The number of alkyl carbamates (subject to hydrolysis) is 1. The smallest absolute Gasteiger partial charge is 0.408 e. The van der Waals surface area contributed by atoms with Crippen LogP contribution in [0.3, 0.4) is 0 Å². The topological polar surface area (TPSA) is 126 Å². The predicted molar refractivity (Wildman–Crippen MR) is 151 cm³/mol. The lowest BCUT2D eigenvalue weighted by molar-refractivity contribution is -0.141. The molecule has 2 heterocycles. The third-order valence-corrected chi connectivity index (χ3v) is 8.06. The molecule has 2 saturated heterocycles. The van der Waals surface area contributed by atoms with Gasteiger partial charge in [-0.3, -0.25) is 14.4 Å². The van der Waals surface area contributed by atoms with Crippen molar-refractivity contribution in [2.45, 2.75) is 108 Å². The van der Waals surface area contributed by atoms with E-state index in [1.807, 2.05) is 0 Å². The van der Waals surface area contributed by atoms with Gasteiger partial charge in [0.15, 0.2) is 0 Å². The number of benzene rings is 1. The van der Waals surface area contributed by atoms with Gasteiger partial charge in [-0.2, -0.15) is 0 Å². The molecule has 1 unspecified atom stereocenters. The summed E-state index contributed by atoms with van der Waals surface area (Å²) in [6.07, 6.45) is 7.14. The molecule has 10 nitrogen and oxygen atoms in total. The number of carbonyl (C=O) groups excluding carboxylic acids is 4. The lowest BCUT2D eigenvalue weighted by Crippen LogP contribution is -2.57. The Kier molecular flexibility index (Phi) is 9.26. The van der Waals surface area contributed by atoms with E-state index in [2.05, 4.69) is 16.0 Å². The van der Waals surface area contributed by atoms with Crippen LogP contribution in [0.5, 0.6) is 5.75 Å². The summed E-state index contributed by atoms with van der Waals surface area (Å²) in [6, 6.07) is 5.68. The summed E-state index contributed by atoms with van der Waals surface area (Å²) in [6.45, 7) is 5.75. The van der Waals surface area contributed by atoms with Crippen LogP contribution in [-0.4, -0.2) is 65.6 Å². The summed E-state index contributed by atoms with van der Waals surface area (Å²) < 4.78 is 10.7. The first-order valence-electron chi connectivity index (χ1n) is 14.6. The molecule has 0 bridgehead atoms. The van der Waals surface area contributed by atoms with Crippen LogP contribution in [0.15, 0.2) is 24.3 Å². The van der Waals surface area contributed by atoms with Crippen LogP contribution in [0.25, 0.3) is 0 Å². The van der Waals surface area contributed by atoms with Crippen molar-refractivity contribution in [3.8, 4) is 5.75 Å². The van der Waals surface area contributed by atoms with Gasteiger partial charge in [0.25, 0.3) is 0 Å². The molecule has 2 aliphatic heterocycles. The molecular formula is C30H44N4O6. The van der Waals surface area contributed by atoms with Gasteiger partial charge in [0, 0.05) is 18.3 Å². The van der Waals surface area contributed by atoms with E-state index >= 15 is 0 Å². The molecule has 10 heteroatoms. The molecule has 0 spiro atoms. The molecule has 1 aliphatic carbocycles. The number of ether oxygens (including phenoxy) is 2. The van der Waals surface area contributed by atoms with Crippen LogP contribution in [0.2, 0.25) is 0 Å². The van der Waals surface area contributed by atoms with Gasteiger partial charge in [0.1, 0.15) is 29.0 Å². The molecule has 4 rings (SSSR count). The minimum absolute atomic E-state index is 0.0410. The zero-order chi connectivity index (χ0) is 28.9. The van der Waals surface area contributed by atoms with E-state index in [4.69, 9.17) is 9.47 Å². The van der Waals surface area contributed by atoms with Gasteiger partial charge >= 0.3 is 6.09 Å². The normalized spacial score (nSPS) is 27.7. The Hall–Kier alpha value is -3.30. The van der Waals surface area contributed by atoms with E-state index in [0.717, 1.165) is 38.5 Å². The van der Waals surface area contributed by atoms with Crippen molar-refractivity contribution in [2.24, 2.45) is 5.92 Å². The molecule has 1 aromatic rings. The number of nitrogens with zero attached hydrogens (tertiary/aromatic N) is 1. The second-order valence-corrected chi connectivity index (χ2v) is 12.3. The Morgan fingerprint density at radius 3 is 2.48 bits per heavy atom. The fraction of sp³-hybridized carbons (Fsp3) is 0.667. The highest BCUT2D eigenvalue weighted by molar-refractivity contribution is 6.04. The number of nitrogens with one attached hydrogen (secondary N) is 3. The second-order valence-electron chi connectivity index (χ2n) is 12.3. The first-order valence-corrected chi connectivity index (χ1v) is 14.6. The van der Waals surface area contributed by atoms with Gasteiger partial charge in [-0.25, -0.2) is 4.79 Å². The van der Waals surface area contributed by atoms with Crippen molar-refractivity contribution in [1.29, 1.82) is 0 Å². The SMILES string of the molecule is COc1cccc(NC(=O)[C@@]23CC2CCCCCCC[C@H](NC(=O)OC(C)(C)C)C(=O)N2CCC[C@H]2C(=O)N3)c1. The number of rotatable bonds is 4. The Morgan fingerprint density at radius 1 is 1.02 bits per heavy atom. The molecule has 3 fully saturated rings. The number of hydrogen-bond donors (Lipinski definition) is 3. The molecule has 1 saturated carbocycles. The standard InChI is InChI=1S/C30H44N4O6/c1-29(2,3)40-28(38)32-23-15-9-7-5-6-8-12-20-19-30(20,27(37)31-21-13-10-14-22(18-21)39-4)33-25(35)24-16-11-17-34(24)26(23)36/h10,13-14,18,20,23-24H,5-9,11-12,15-17,19H2,1-4H3,(H,31,37)(H,32,38)(H,33,35)/t20?,23-,24-,30+/m0/s1. The number of carbonyl (C=O) groups is 4. The van der Waals surface area contributed by atoms with Crippen LogP contribution in [0.1, 0.15) is 85.0 Å². The number of fused-ring (bicyclic) bond motifs is 2. The van der Waals surface area contributed by atoms with Crippen molar-refractivity contribution in [3.63, 3.8) is 0 Å². The van der Waals surface area contributed by atoms with Crippen LogP contribution in [-0.2, 0) is 19.1 Å². The fourth-order valence-electron chi connectivity index (χ4n) is 5.89. The third-order valence-electron chi connectivity index (χ3n) is 8.06. The molecule has 4 amide bonds. The van der Waals surface area contributed by atoms with E-state index in [0.29, 0.717) is 43.7 Å². The van der Waals surface area contributed by atoms with Crippen molar-refractivity contribution >= 4 is 29.5 Å². The molecule has 3 N–H and O–H groups in total. The minimum atomic E-state index is -1.01. The van der Waals surface area contributed by atoms with Gasteiger partial charge in [0.2, 0.25) is 17.7 Å². The summed E-state index contributed by atoms with van der Waals surface area (Å²) in [7, 11) is 1.57. The summed E-state index contributed by atoms with van der Waals surface area (Å²) >= 11 is 0. The van der Waals surface area contributed by atoms with Gasteiger partial charge in [-0.05, 0) is 70.9 Å². The Balaban J connectivity index is 1.53. The fourth-order valence-corrected chi connectivity index (χ4v) is 5.89. The van der Waals surface area contributed by atoms with Crippen molar-refractivity contribution in [1.82, 2.24) is 15.5 Å². The van der Waals surface area contributed by atoms with Crippen molar-refractivity contribution in [2.75, 3.05) is 19.0 Å². The quantitative estimate of drug-likeness (QED) is 0.512. The molecule has 40 heavy (non-hydrogen) atoms. The first kappa shape index (κ1) is 29.7. The average molecular weight is 557 g/mol. The number of hydrogen-bond acceptors (Lipinski definition) is 6. The average Bonchev–Trinajstić information content (AvgIpc) is 3.35. The summed E-state index contributed by atoms with van der Waals surface area (Å²) in [5.74, 6) is -0.174. The van der Waals surface area contributed by atoms with Crippen LogP contribution < -0.4 is 20.7 Å². The van der Waals surface area contributed by atoms with Crippen molar-refractivity contribution < 1.29 is 28.7 Å². The zero-order valence-electron chi connectivity index (χ0n) is 24.2. The Bertz CT molecular complexity index is 1100. The monoisotopic (exact) mass is 556 g/mol. The largest absolute Gasteiger partial charge is 0.497 e. The number of methoxy groups -OCH3 is 1. The van der Waals surface area contributed by atoms with E-state index in [9.17, 15) is 19.2 Å². The number of anilines is 1. The van der Waals surface area contributed by atoms with Crippen LogP contribution >= 0.6 is 0 Å². The molecule has 220 valence electrons. The van der Waals surface area contributed by atoms with E-state index < -0.39 is 29.3 Å². The van der Waals surface area contributed by atoms with Gasteiger partial charge in [0.05, 0.1) is 7.11 Å². The molecule has 1 aromatic carbocycles. The third kappa shape index (κ3) is 7.26. The molecule has 4 atom stereocenters. The summed E-state index contributed by atoms with van der Waals surface area (Å²) in [4.78, 5) is 55.1. The molecular weight excluding hydrogens is 512 g/mol. The highest BCUT2D eigenvalue weighted by Gasteiger charge is 2.61. The van der Waals surface area contributed by atoms with Gasteiger partial charge in [-0.15, -0.1) is 0 Å². The number of amides is 4. The lowest BCUT2D eigenvalue weighted by Gasteiger charge is -2.30. The maximum atomic E-state index is 13.7. The van der Waals surface area contributed by atoms with Crippen molar-refractivity contribution in [3.05, 3.63) is 24.3 Å². The minimum Gasteiger partial charge on any atom is -0.497 e. The lowest BCUT2D eigenvalue weighted by atomic mass is 10.0.